The third kappa shape index (κ3) is 14.8. The zero-order valence-corrected chi connectivity index (χ0v) is 29.6. The molecule has 0 amide bonds. The molecule has 3 nitrogen and oxygen atoms in total. The maximum Gasteiger partial charge on any atom is 0.162 e. The third-order valence-electron chi connectivity index (χ3n) is 8.85. The Morgan fingerprint density at radius 3 is 2.35 bits per heavy atom. The minimum atomic E-state index is -0.0230. The van der Waals surface area contributed by atoms with Gasteiger partial charge in [-0.1, -0.05) is 117 Å². The molecule has 1 fully saturated rings. The average Bonchev–Trinajstić information content (AvgIpc) is 2.99. The second kappa shape index (κ2) is 20.5. The van der Waals surface area contributed by atoms with Crippen molar-refractivity contribution in [1.29, 1.82) is 0 Å². The molecule has 1 heterocycles. The van der Waals surface area contributed by atoms with Crippen molar-refractivity contribution in [3.05, 3.63) is 77.7 Å². The molecule has 1 aliphatic heterocycles. The number of allylic oxidation sites excluding steroid dienone is 5. The second-order valence-corrected chi connectivity index (χ2v) is 13.5. The van der Waals surface area contributed by atoms with Crippen LogP contribution in [0.4, 0.5) is 0 Å². The molecule has 0 N–H and O–H groups in total. The molecule has 2 unspecified atom stereocenters. The number of Topliss-reactive ketones (excluding diaryl/α,β-unsaturated/α-hetero) is 1. The van der Waals surface area contributed by atoms with E-state index < -0.39 is 0 Å². The Hall–Kier alpha value is -2.39. The molecule has 2 aliphatic rings. The van der Waals surface area contributed by atoms with E-state index >= 15 is 0 Å². The Morgan fingerprint density at radius 1 is 1.16 bits per heavy atom. The molecule has 0 bridgehead atoms. The summed E-state index contributed by atoms with van der Waals surface area (Å²) in [4.78, 5) is 14.7. The van der Waals surface area contributed by atoms with Gasteiger partial charge in [-0.25, -0.2) is 0 Å². The van der Waals surface area contributed by atoms with Gasteiger partial charge in [0.15, 0.2) is 5.78 Å². The molecule has 43 heavy (non-hydrogen) atoms. The zero-order chi connectivity index (χ0) is 32.4. The van der Waals surface area contributed by atoms with E-state index in [-0.39, 0.29) is 17.1 Å². The van der Waals surface area contributed by atoms with Gasteiger partial charge in [-0.2, -0.15) is 0 Å². The summed E-state index contributed by atoms with van der Waals surface area (Å²) < 4.78 is 5.14. The van der Waals surface area contributed by atoms with Gasteiger partial charge < -0.3 is 9.64 Å². The molecule has 0 saturated carbocycles. The van der Waals surface area contributed by atoms with E-state index in [2.05, 4.69) is 98.4 Å². The number of carbonyl (C=O) groups excluding carboxylic acids is 1. The highest BCUT2D eigenvalue weighted by molar-refractivity contribution is 5.96. The van der Waals surface area contributed by atoms with Gasteiger partial charge in [-0.3, -0.25) is 4.79 Å². The maximum atomic E-state index is 12.9. The van der Waals surface area contributed by atoms with Gasteiger partial charge in [0.05, 0.1) is 0 Å². The van der Waals surface area contributed by atoms with Crippen molar-refractivity contribution in [2.24, 2.45) is 23.2 Å². The summed E-state index contributed by atoms with van der Waals surface area (Å²) in [6.07, 6.45) is 19.0. The molecule has 242 valence electrons. The number of hydrogen-bond acceptors (Lipinski definition) is 3. The third-order valence-corrected chi connectivity index (χ3v) is 8.85. The fourth-order valence-electron chi connectivity index (χ4n) is 5.77. The number of hydrogen-bond donors (Lipinski definition) is 0. The normalized spacial score (nSPS) is 20.3. The second-order valence-electron chi connectivity index (χ2n) is 13.5. The van der Waals surface area contributed by atoms with E-state index in [4.69, 9.17) is 4.74 Å². The van der Waals surface area contributed by atoms with Gasteiger partial charge >= 0.3 is 0 Å². The van der Waals surface area contributed by atoms with Crippen molar-refractivity contribution < 1.29 is 9.53 Å². The van der Waals surface area contributed by atoms with E-state index in [9.17, 15) is 4.79 Å². The topological polar surface area (TPSA) is 29.5 Å². The number of benzene rings is 1. The molecule has 1 aromatic rings. The van der Waals surface area contributed by atoms with Crippen molar-refractivity contribution in [2.45, 2.75) is 120 Å². The standard InChI is InChI=1S/C27H37NO.C7H16.C6H12O/c1-8-11-23-12-10-13-24(16-23)25-18-27(6,15-14-20(25)3)17-21(4)26(29)22(5)19-28(7)9-2;1-4-6-7(3)5-2;1-6-2-4-7-5-3-6/h9-10,12-14,16,18-19,21H,2,8,11,15,17H2,1,3-7H3;7H,4-6H2,1-3H3;6H,2-5H2,1H3/b22-19+;;/t;7-;/m.0./s1. The van der Waals surface area contributed by atoms with Gasteiger partial charge in [-0.05, 0) is 91.7 Å². The molecular formula is C40H65NO2. The summed E-state index contributed by atoms with van der Waals surface area (Å²) in [5.41, 5.74) is 6.09. The van der Waals surface area contributed by atoms with E-state index in [1.165, 1.54) is 54.4 Å². The molecular weight excluding hydrogens is 526 g/mol. The fourth-order valence-corrected chi connectivity index (χ4v) is 5.77. The van der Waals surface area contributed by atoms with Crippen LogP contribution in [-0.4, -0.2) is 30.9 Å². The highest BCUT2D eigenvalue weighted by Crippen LogP contribution is 2.42. The molecule has 3 atom stereocenters. The number of nitrogens with zero attached hydrogens (tertiary/aromatic N) is 1. The SMILES string of the molecule is C=CN(C)/C=C(\C)C(=O)C(C)CC1(C)C=C(c2cccc(CCC)c2)C(C)=CC1.CC1CCOCC1.CCC[C@@H](C)CC. The molecule has 1 aromatic carbocycles. The van der Waals surface area contributed by atoms with Gasteiger partial charge in [0.1, 0.15) is 0 Å². The van der Waals surface area contributed by atoms with Crippen LogP contribution in [0.5, 0.6) is 0 Å². The van der Waals surface area contributed by atoms with Crippen LogP contribution >= 0.6 is 0 Å². The highest BCUT2D eigenvalue weighted by atomic mass is 16.5. The van der Waals surface area contributed by atoms with Crippen molar-refractivity contribution in [1.82, 2.24) is 4.90 Å². The highest BCUT2D eigenvalue weighted by Gasteiger charge is 2.30. The van der Waals surface area contributed by atoms with Crippen LogP contribution < -0.4 is 0 Å². The number of rotatable bonds is 12. The molecule has 0 aromatic heterocycles. The predicted molar refractivity (Wildman–Crippen MR) is 189 cm³/mol. The van der Waals surface area contributed by atoms with Crippen molar-refractivity contribution in [2.75, 3.05) is 20.3 Å². The number of ether oxygens (including phenoxy) is 1. The number of ketones is 1. The number of carbonyl (C=O) groups is 1. The van der Waals surface area contributed by atoms with Crippen LogP contribution in [0.2, 0.25) is 0 Å². The van der Waals surface area contributed by atoms with Gasteiger partial charge in [0, 0.05) is 38.0 Å². The first-order chi connectivity index (χ1) is 20.4. The van der Waals surface area contributed by atoms with Crippen LogP contribution in [0.15, 0.2) is 66.5 Å². The van der Waals surface area contributed by atoms with Crippen LogP contribution in [0.3, 0.4) is 0 Å². The van der Waals surface area contributed by atoms with Gasteiger partial charge in [0.2, 0.25) is 0 Å². The monoisotopic (exact) mass is 592 g/mol. The molecule has 3 rings (SSSR count). The average molecular weight is 592 g/mol. The lowest BCUT2D eigenvalue weighted by molar-refractivity contribution is -0.119. The summed E-state index contributed by atoms with van der Waals surface area (Å²) >= 11 is 0. The molecule has 0 radical (unpaired) electrons. The lowest BCUT2D eigenvalue weighted by Crippen LogP contribution is -2.24. The first-order valence-electron chi connectivity index (χ1n) is 17.0. The largest absolute Gasteiger partial charge is 0.381 e. The van der Waals surface area contributed by atoms with E-state index in [1.54, 1.807) is 6.20 Å². The summed E-state index contributed by atoms with van der Waals surface area (Å²) in [7, 11) is 1.89. The first-order valence-corrected chi connectivity index (χ1v) is 17.0. The molecule has 1 aliphatic carbocycles. The Bertz CT molecular complexity index is 1060. The van der Waals surface area contributed by atoms with Gasteiger partial charge in [-0.15, -0.1) is 0 Å². The first kappa shape index (κ1) is 38.6. The Labute approximate surface area is 266 Å². The Morgan fingerprint density at radius 2 is 1.84 bits per heavy atom. The maximum absolute atomic E-state index is 12.9. The summed E-state index contributed by atoms with van der Waals surface area (Å²) in [5, 5.41) is 0. The Balaban J connectivity index is 0.000000538. The minimum absolute atomic E-state index is 0.0186. The lowest BCUT2D eigenvalue weighted by Gasteiger charge is -2.33. The fraction of sp³-hybridized carbons (Fsp3) is 0.625. The van der Waals surface area contributed by atoms with Crippen molar-refractivity contribution >= 4 is 11.4 Å². The van der Waals surface area contributed by atoms with Crippen LogP contribution in [0.25, 0.3) is 5.57 Å². The van der Waals surface area contributed by atoms with Crippen LogP contribution in [-0.2, 0) is 16.0 Å². The predicted octanol–water partition coefficient (Wildman–Crippen LogP) is 11.2. The van der Waals surface area contributed by atoms with Crippen molar-refractivity contribution in [3.8, 4) is 0 Å². The summed E-state index contributed by atoms with van der Waals surface area (Å²) in [5.74, 6) is 2.05. The summed E-state index contributed by atoms with van der Waals surface area (Å²) in [6, 6.07) is 8.91. The van der Waals surface area contributed by atoms with Crippen molar-refractivity contribution in [3.63, 3.8) is 0 Å². The summed E-state index contributed by atoms with van der Waals surface area (Å²) in [6.45, 7) is 25.4. The van der Waals surface area contributed by atoms with E-state index in [1.807, 2.05) is 25.1 Å². The van der Waals surface area contributed by atoms with E-state index in [0.29, 0.717) is 0 Å². The van der Waals surface area contributed by atoms with Gasteiger partial charge in [0.25, 0.3) is 0 Å². The minimum Gasteiger partial charge on any atom is -0.381 e. The number of aryl methyl sites for hydroxylation is 1. The molecule has 3 heteroatoms. The zero-order valence-electron chi connectivity index (χ0n) is 29.6. The Kier molecular flexibility index (Phi) is 18.5. The molecule has 0 spiro atoms. The lowest BCUT2D eigenvalue weighted by atomic mass is 9.71. The smallest absolute Gasteiger partial charge is 0.162 e. The van der Waals surface area contributed by atoms with Crippen LogP contribution in [0.1, 0.15) is 125 Å². The van der Waals surface area contributed by atoms with Crippen LogP contribution in [0, 0.1) is 23.2 Å². The van der Waals surface area contributed by atoms with E-state index in [0.717, 1.165) is 56.3 Å². The quantitative estimate of drug-likeness (QED) is 0.226. The molecule has 1 saturated heterocycles.